The highest BCUT2D eigenvalue weighted by Crippen LogP contribution is 2.25. The summed E-state index contributed by atoms with van der Waals surface area (Å²) in [5.74, 6) is -3.65. The van der Waals surface area contributed by atoms with Crippen LogP contribution >= 0.6 is 0 Å². The van der Waals surface area contributed by atoms with Crippen LogP contribution in [0.5, 0.6) is 17.2 Å². The van der Waals surface area contributed by atoms with Crippen molar-refractivity contribution in [3.05, 3.63) is 123 Å². The lowest BCUT2D eigenvalue weighted by Crippen LogP contribution is -2.09. The van der Waals surface area contributed by atoms with Crippen LogP contribution in [0, 0.1) is 0 Å². The summed E-state index contributed by atoms with van der Waals surface area (Å²) in [5, 5.41) is 0. The molecule has 0 aliphatic rings. The van der Waals surface area contributed by atoms with Gasteiger partial charge in [0.05, 0.1) is 76.0 Å². The predicted molar refractivity (Wildman–Crippen MR) is 187 cm³/mol. The van der Waals surface area contributed by atoms with Gasteiger partial charge in [-0.05, 0) is 89.5 Å². The molecule has 4 rings (SSSR count). The highest BCUT2D eigenvalue weighted by molar-refractivity contribution is 5.97. The Morgan fingerprint density at radius 1 is 0.315 bits per heavy atom. The van der Waals surface area contributed by atoms with E-state index in [4.69, 9.17) is 42.6 Å². The topological polar surface area (TPSA) is 185 Å². The second kappa shape index (κ2) is 18.5. The van der Waals surface area contributed by atoms with Gasteiger partial charge in [0.2, 0.25) is 0 Å². The van der Waals surface area contributed by atoms with Gasteiger partial charge in [-0.3, -0.25) is 0 Å². The Balaban J connectivity index is 1.69. The van der Waals surface area contributed by atoms with Crippen molar-refractivity contribution in [2.75, 3.05) is 42.7 Å². The second-order valence-electron chi connectivity index (χ2n) is 11.2. The van der Waals surface area contributed by atoms with Crippen LogP contribution < -0.4 is 14.2 Å². The molecule has 0 aromatic heterocycles. The van der Waals surface area contributed by atoms with Crippen molar-refractivity contribution in [2.24, 2.45) is 0 Å². The molecule has 4 aromatic carbocycles. The van der Waals surface area contributed by atoms with Gasteiger partial charge in [0.15, 0.2) is 0 Å². The lowest BCUT2D eigenvalue weighted by atomic mass is 10.1. The molecule has 0 aliphatic carbocycles. The number of rotatable bonds is 15. The van der Waals surface area contributed by atoms with Gasteiger partial charge in [-0.1, -0.05) is 0 Å². The third-order valence-corrected chi connectivity index (χ3v) is 7.58. The first-order valence-electron chi connectivity index (χ1n) is 15.9. The Morgan fingerprint density at radius 2 is 0.500 bits per heavy atom. The summed E-state index contributed by atoms with van der Waals surface area (Å²) in [5.41, 5.74) is 2.15. The molecule has 0 radical (unpaired) electrons. The van der Waals surface area contributed by atoms with Crippen molar-refractivity contribution >= 4 is 35.8 Å². The number of carbonyl (C=O) groups is 6. The smallest absolute Gasteiger partial charge is 0.338 e. The first kappa shape index (κ1) is 39.9. The first-order valence-corrected chi connectivity index (χ1v) is 15.9. The minimum absolute atomic E-state index is 0.0626. The number of carbonyl (C=O) groups excluding carboxylic acids is 6. The van der Waals surface area contributed by atoms with E-state index in [0.29, 0.717) is 16.7 Å². The number of esters is 6. The largest absolute Gasteiger partial charge is 0.489 e. The Kier molecular flexibility index (Phi) is 13.7. The van der Waals surface area contributed by atoms with Crippen molar-refractivity contribution in [3.8, 4) is 17.2 Å². The van der Waals surface area contributed by atoms with Crippen LogP contribution in [-0.4, -0.2) is 78.5 Å². The molecule has 15 nitrogen and oxygen atoms in total. The molecule has 0 spiro atoms. The van der Waals surface area contributed by atoms with Crippen molar-refractivity contribution in [1.29, 1.82) is 0 Å². The molecule has 0 bridgehead atoms. The number of benzene rings is 4. The molecule has 15 heteroatoms. The van der Waals surface area contributed by atoms with Crippen LogP contribution in [0.4, 0.5) is 0 Å². The zero-order valence-electron chi connectivity index (χ0n) is 30.2. The molecular weight excluding hydrogens is 708 g/mol. The van der Waals surface area contributed by atoms with Gasteiger partial charge < -0.3 is 42.6 Å². The lowest BCUT2D eigenvalue weighted by Gasteiger charge is -2.15. The quantitative estimate of drug-likeness (QED) is 0.115. The zero-order chi connectivity index (χ0) is 39.4. The predicted octanol–water partition coefficient (Wildman–Crippen LogP) is 5.14. The van der Waals surface area contributed by atoms with E-state index in [0.717, 1.165) is 0 Å². The van der Waals surface area contributed by atoms with Crippen molar-refractivity contribution < 1.29 is 71.4 Å². The molecule has 54 heavy (non-hydrogen) atoms. The number of methoxy groups -OCH3 is 6. The Bertz CT molecular complexity index is 1720. The Hall–Kier alpha value is -6.90. The summed E-state index contributed by atoms with van der Waals surface area (Å²) in [4.78, 5) is 73.9. The third-order valence-electron chi connectivity index (χ3n) is 7.58. The monoisotopic (exact) mass is 744 g/mol. The minimum atomic E-state index is -0.692. The van der Waals surface area contributed by atoms with Gasteiger partial charge in [0.25, 0.3) is 0 Å². The fourth-order valence-electron chi connectivity index (χ4n) is 5.05. The molecule has 0 fully saturated rings. The molecule has 0 unspecified atom stereocenters. The fourth-order valence-corrected chi connectivity index (χ4v) is 5.05. The number of hydrogen-bond acceptors (Lipinski definition) is 15. The molecule has 0 heterocycles. The molecule has 0 saturated carbocycles. The minimum Gasteiger partial charge on any atom is -0.489 e. The number of ether oxygens (including phenoxy) is 9. The maximum absolute atomic E-state index is 12.3. The van der Waals surface area contributed by atoms with Crippen LogP contribution in [0.1, 0.15) is 78.8 Å². The van der Waals surface area contributed by atoms with Crippen LogP contribution in [0.3, 0.4) is 0 Å². The fraction of sp³-hybridized carbons (Fsp3) is 0.231. The molecule has 0 amide bonds. The van der Waals surface area contributed by atoms with E-state index in [9.17, 15) is 28.8 Å². The van der Waals surface area contributed by atoms with Crippen molar-refractivity contribution in [3.63, 3.8) is 0 Å². The van der Waals surface area contributed by atoms with Crippen LogP contribution in [-0.2, 0) is 48.2 Å². The molecule has 4 aromatic rings. The lowest BCUT2D eigenvalue weighted by molar-refractivity contribution is 0.0580. The number of hydrogen-bond donors (Lipinski definition) is 0. The van der Waals surface area contributed by atoms with E-state index in [2.05, 4.69) is 0 Å². The van der Waals surface area contributed by atoms with Gasteiger partial charge in [0.1, 0.15) is 37.1 Å². The van der Waals surface area contributed by atoms with Crippen LogP contribution in [0.2, 0.25) is 0 Å². The van der Waals surface area contributed by atoms with E-state index >= 15 is 0 Å². The third kappa shape index (κ3) is 10.3. The summed E-state index contributed by atoms with van der Waals surface area (Å²) in [6.45, 7) is -0.206. The zero-order valence-corrected chi connectivity index (χ0v) is 30.2. The van der Waals surface area contributed by atoms with E-state index in [-0.39, 0.29) is 70.4 Å². The van der Waals surface area contributed by atoms with Gasteiger partial charge in [-0.15, -0.1) is 0 Å². The Labute approximate surface area is 309 Å². The SMILES string of the molecule is COC(=O)c1cc(OCc2cc(COc3cc(C(=O)OC)cc(C(=O)OC)c3)cc(COc3cc(C(=O)OC)cc(C(=O)OC)c3)c2)cc(C(=O)OC)c1. The van der Waals surface area contributed by atoms with Crippen molar-refractivity contribution in [1.82, 2.24) is 0 Å². The average Bonchev–Trinajstić information content (AvgIpc) is 3.21. The van der Waals surface area contributed by atoms with E-state index in [1.54, 1.807) is 18.2 Å². The van der Waals surface area contributed by atoms with E-state index in [1.807, 2.05) is 0 Å². The molecule has 0 aliphatic heterocycles. The maximum Gasteiger partial charge on any atom is 0.338 e. The van der Waals surface area contributed by atoms with Gasteiger partial charge in [0, 0.05) is 0 Å². The maximum atomic E-state index is 12.3. The highest BCUT2D eigenvalue weighted by atomic mass is 16.5. The average molecular weight is 745 g/mol. The standard InChI is InChI=1S/C39H36O15/c1-46-34(40)25-10-26(35(41)47-2)14-31(13-25)52-19-22-7-23(20-53-32-15-27(36(42)48-3)11-28(16-32)37(43)49-4)9-24(8-22)21-54-33-17-29(38(44)50-5)12-30(18-33)39(45)51-6/h7-18H,19-21H2,1-6H3. The van der Waals surface area contributed by atoms with Crippen molar-refractivity contribution in [2.45, 2.75) is 19.8 Å². The molecule has 0 saturated heterocycles. The molecule has 0 N–H and O–H groups in total. The van der Waals surface area contributed by atoms with Gasteiger partial charge in [-0.2, -0.15) is 0 Å². The van der Waals surface area contributed by atoms with Crippen LogP contribution in [0.25, 0.3) is 0 Å². The van der Waals surface area contributed by atoms with E-state index in [1.165, 1.54) is 97.3 Å². The van der Waals surface area contributed by atoms with Gasteiger partial charge >= 0.3 is 35.8 Å². The molecule has 282 valence electrons. The summed E-state index contributed by atoms with van der Waals surface area (Å²) >= 11 is 0. The van der Waals surface area contributed by atoms with Crippen LogP contribution in [0.15, 0.2) is 72.8 Å². The van der Waals surface area contributed by atoms with E-state index < -0.39 is 35.8 Å². The van der Waals surface area contributed by atoms with Gasteiger partial charge in [-0.25, -0.2) is 28.8 Å². The summed E-state index contributed by atoms with van der Waals surface area (Å²) < 4.78 is 46.9. The molecule has 0 atom stereocenters. The molecular formula is C39H36O15. The summed E-state index contributed by atoms with van der Waals surface area (Å²) in [6.07, 6.45) is 0. The first-order chi connectivity index (χ1) is 25.9. The summed E-state index contributed by atoms with van der Waals surface area (Å²) in [7, 11) is 7.22. The summed E-state index contributed by atoms with van der Waals surface area (Å²) in [6, 6.07) is 17.7. The Morgan fingerprint density at radius 3 is 0.667 bits per heavy atom. The highest BCUT2D eigenvalue weighted by Gasteiger charge is 2.18. The second-order valence-corrected chi connectivity index (χ2v) is 11.2. The normalized spacial score (nSPS) is 10.3.